The number of likely N-dealkylation sites (tertiary alicyclic amines) is 1. The third kappa shape index (κ3) is 4.89. The van der Waals surface area contributed by atoms with Crippen molar-refractivity contribution in [1.29, 1.82) is 0 Å². The molecule has 2 rings (SSSR count). The lowest BCUT2D eigenvalue weighted by Gasteiger charge is -2.40. The van der Waals surface area contributed by atoms with Gasteiger partial charge < -0.3 is 40.7 Å². The predicted octanol–water partition coefficient (Wildman–Crippen LogP) is -1.74. The quantitative estimate of drug-likeness (QED) is 0.271. The Morgan fingerprint density at radius 1 is 1.33 bits per heavy atom. The number of benzene rings is 1. The molecular weight excluding hydrogens is 359 g/mol. The van der Waals surface area contributed by atoms with E-state index in [1.807, 2.05) is 0 Å². The number of aromatic carboxylic acids is 1. The smallest absolute Gasteiger partial charge is 0.451 e. The summed E-state index contributed by atoms with van der Waals surface area (Å²) in [6.07, 6.45) is -0.425. The maximum absolute atomic E-state index is 12.0. The molecule has 7 N–H and O–H groups in total. The van der Waals surface area contributed by atoms with Crippen molar-refractivity contribution in [2.24, 2.45) is 11.7 Å². The van der Waals surface area contributed by atoms with E-state index in [1.54, 1.807) is 0 Å². The Kier molecular flexibility index (Phi) is 7.02. The fourth-order valence-corrected chi connectivity index (χ4v) is 2.79. The zero-order chi connectivity index (χ0) is 20.1. The molecule has 1 aliphatic heterocycles. The van der Waals surface area contributed by atoms with E-state index in [-0.39, 0.29) is 56.2 Å². The molecule has 148 valence electrons. The van der Waals surface area contributed by atoms with E-state index in [1.165, 1.54) is 17.0 Å². The van der Waals surface area contributed by atoms with E-state index in [0.29, 0.717) is 0 Å². The third-order valence-electron chi connectivity index (χ3n) is 4.42. The number of aryl methyl sites for hydroxylation is 1. The van der Waals surface area contributed by atoms with E-state index >= 15 is 0 Å². The first-order valence-electron chi connectivity index (χ1n) is 8.49. The van der Waals surface area contributed by atoms with Crippen LogP contribution in [0.2, 0.25) is 6.32 Å². The molecule has 1 unspecified atom stereocenters. The number of aliphatic hydroxyl groups excluding tert-OH is 1. The first-order chi connectivity index (χ1) is 12.8. The van der Waals surface area contributed by atoms with E-state index in [9.17, 15) is 19.8 Å². The number of aromatic hydroxyl groups is 1. The van der Waals surface area contributed by atoms with Gasteiger partial charge in [0.05, 0.1) is 25.6 Å². The lowest BCUT2D eigenvalue weighted by molar-refractivity contribution is -0.145. The highest BCUT2D eigenvalue weighted by Gasteiger charge is 2.36. The Morgan fingerprint density at radius 2 is 2.00 bits per heavy atom. The minimum absolute atomic E-state index is 0.0262. The van der Waals surface area contributed by atoms with Crippen LogP contribution in [0.25, 0.3) is 0 Å². The molecule has 1 aromatic rings. The van der Waals surface area contributed by atoms with E-state index in [0.717, 1.165) is 0 Å². The van der Waals surface area contributed by atoms with Crippen LogP contribution in [0.1, 0.15) is 15.9 Å². The summed E-state index contributed by atoms with van der Waals surface area (Å²) in [5.41, 5.74) is 5.26. The van der Waals surface area contributed by atoms with Crippen molar-refractivity contribution in [1.82, 2.24) is 4.90 Å². The molecule has 0 saturated carbocycles. The molecule has 1 atom stereocenters. The third-order valence-corrected chi connectivity index (χ3v) is 4.42. The van der Waals surface area contributed by atoms with Gasteiger partial charge in [-0.25, -0.2) is 4.79 Å². The number of amides is 1. The number of aliphatic hydroxyl groups is 1. The molecule has 1 amide bonds. The first kappa shape index (κ1) is 21.0. The number of nitrogens with zero attached hydrogens (tertiary/aromatic N) is 1. The number of hydrogen-bond donors (Lipinski definition) is 6. The first-order valence-corrected chi connectivity index (χ1v) is 8.49. The maximum Gasteiger partial charge on any atom is 0.451 e. The van der Waals surface area contributed by atoms with Gasteiger partial charge >= 0.3 is 13.1 Å². The van der Waals surface area contributed by atoms with Gasteiger partial charge in [0.1, 0.15) is 23.2 Å². The van der Waals surface area contributed by atoms with Crippen LogP contribution < -0.4 is 10.5 Å². The standard InChI is InChI=1S/C16H23BN2O8/c18-5-10(8-20)15(22)19-6-11(7-19)27-12-2-1-9(3-4-17(25)26)14(21)13(12)16(23)24/h1-2,10-11,20-21,25-26H,3-8,18H2,(H,23,24). The molecule has 1 aromatic carbocycles. The molecule has 27 heavy (non-hydrogen) atoms. The highest BCUT2D eigenvalue weighted by molar-refractivity contribution is 6.41. The monoisotopic (exact) mass is 382 g/mol. The fourth-order valence-electron chi connectivity index (χ4n) is 2.79. The van der Waals surface area contributed by atoms with Gasteiger partial charge in [0.25, 0.3) is 0 Å². The van der Waals surface area contributed by atoms with Gasteiger partial charge in [0.15, 0.2) is 0 Å². The summed E-state index contributed by atoms with van der Waals surface area (Å²) >= 11 is 0. The van der Waals surface area contributed by atoms with E-state index < -0.39 is 36.4 Å². The molecule has 0 spiro atoms. The summed E-state index contributed by atoms with van der Waals surface area (Å²) in [4.78, 5) is 25.0. The highest BCUT2D eigenvalue weighted by atomic mass is 16.5. The summed E-state index contributed by atoms with van der Waals surface area (Å²) in [5, 5.41) is 46.5. The maximum atomic E-state index is 12.0. The number of ether oxygens (including phenoxy) is 1. The van der Waals surface area contributed by atoms with Crippen LogP contribution in [0.5, 0.6) is 11.5 Å². The minimum Gasteiger partial charge on any atom is -0.507 e. The van der Waals surface area contributed by atoms with Crippen LogP contribution in [0.3, 0.4) is 0 Å². The van der Waals surface area contributed by atoms with Crippen molar-refractivity contribution in [2.45, 2.75) is 18.8 Å². The van der Waals surface area contributed by atoms with Gasteiger partial charge in [0.2, 0.25) is 5.91 Å². The van der Waals surface area contributed by atoms with Crippen LogP contribution in [-0.2, 0) is 11.2 Å². The molecule has 10 nitrogen and oxygen atoms in total. The number of carbonyl (C=O) groups is 2. The molecule has 0 aliphatic carbocycles. The number of rotatable bonds is 9. The summed E-state index contributed by atoms with van der Waals surface area (Å²) in [6.45, 7) is 0.109. The second kappa shape index (κ2) is 9.04. The van der Waals surface area contributed by atoms with Gasteiger partial charge in [0, 0.05) is 6.54 Å². The molecular formula is C16H23BN2O8. The van der Waals surface area contributed by atoms with Gasteiger partial charge in [-0.05, 0) is 24.4 Å². The molecule has 1 aliphatic rings. The Bertz CT molecular complexity index is 689. The average molecular weight is 382 g/mol. The van der Waals surface area contributed by atoms with Crippen LogP contribution in [0.15, 0.2) is 12.1 Å². The summed E-state index contributed by atoms with van der Waals surface area (Å²) in [7, 11) is -1.57. The number of hydrogen-bond acceptors (Lipinski definition) is 8. The van der Waals surface area contributed by atoms with Crippen molar-refractivity contribution in [3.05, 3.63) is 23.3 Å². The summed E-state index contributed by atoms with van der Waals surface area (Å²) in [5.74, 6) is -2.88. The van der Waals surface area contributed by atoms with Crippen molar-refractivity contribution in [3.8, 4) is 11.5 Å². The lowest BCUT2D eigenvalue weighted by Crippen LogP contribution is -2.58. The molecule has 0 radical (unpaired) electrons. The van der Waals surface area contributed by atoms with E-state index in [2.05, 4.69) is 0 Å². The molecule has 1 fully saturated rings. The Hall–Kier alpha value is -2.34. The largest absolute Gasteiger partial charge is 0.507 e. The van der Waals surface area contributed by atoms with Crippen LogP contribution >= 0.6 is 0 Å². The Balaban J connectivity index is 2.06. The summed E-state index contributed by atoms with van der Waals surface area (Å²) < 4.78 is 5.60. The number of carboxylic acid groups (broad SMARTS) is 1. The zero-order valence-electron chi connectivity index (χ0n) is 14.6. The number of phenols is 1. The van der Waals surface area contributed by atoms with Gasteiger partial charge in [-0.15, -0.1) is 0 Å². The van der Waals surface area contributed by atoms with Crippen LogP contribution in [0.4, 0.5) is 0 Å². The lowest BCUT2D eigenvalue weighted by atomic mass is 9.82. The van der Waals surface area contributed by atoms with Gasteiger partial charge in [-0.2, -0.15) is 0 Å². The predicted molar refractivity (Wildman–Crippen MR) is 94.4 cm³/mol. The van der Waals surface area contributed by atoms with Gasteiger partial charge in [-0.1, -0.05) is 6.07 Å². The number of carboxylic acids is 1. The second-order valence-electron chi connectivity index (χ2n) is 6.37. The summed E-state index contributed by atoms with van der Waals surface area (Å²) in [6, 6.07) is 2.85. The average Bonchev–Trinajstić information content (AvgIpc) is 2.57. The SMILES string of the molecule is NCC(CO)C(=O)N1CC(Oc2ccc(CCB(O)O)c(O)c2C(=O)O)C1. The minimum atomic E-state index is -1.57. The molecule has 1 saturated heterocycles. The normalized spacial score (nSPS) is 15.2. The molecule has 0 bridgehead atoms. The second-order valence-corrected chi connectivity index (χ2v) is 6.37. The van der Waals surface area contributed by atoms with Crippen molar-refractivity contribution in [2.75, 3.05) is 26.2 Å². The van der Waals surface area contributed by atoms with Gasteiger partial charge in [-0.3, -0.25) is 4.79 Å². The zero-order valence-corrected chi connectivity index (χ0v) is 14.6. The Morgan fingerprint density at radius 3 is 2.52 bits per heavy atom. The molecule has 11 heteroatoms. The fraction of sp³-hybridized carbons (Fsp3) is 0.500. The molecule has 0 aromatic heterocycles. The number of carbonyl (C=O) groups excluding carboxylic acids is 1. The van der Waals surface area contributed by atoms with Crippen molar-refractivity contribution >= 4 is 19.0 Å². The highest BCUT2D eigenvalue weighted by Crippen LogP contribution is 2.34. The topological polar surface area (TPSA) is 174 Å². The number of nitrogens with two attached hydrogens (primary N) is 1. The van der Waals surface area contributed by atoms with E-state index in [4.69, 9.17) is 25.6 Å². The van der Waals surface area contributed by atoms with Crippen LogP contribution in [0, 0.1) is 5.92 Å². The van der Waals surface area contributed by atoms with Crippen LogP contribution in [-0.4, -0.2) is 81.6 Å². The Labute approximate surface area is 155 Å². The van der Waals surface area contributed by atoms with Crippen molar-refractivity contribution < 1.29 is 39.7 Å². The van der Waals surface area contributed by atoms with Crippen molar-refractivity contribution in [3.63, 3.8) is 0 Å². The molecule has 1 heterocycles.